The molecule has 0 atom stereocenters. The van der Waals surface area contributed by atoms with Gasteiger partial charge in [-0.15, -0.1) is 0 Å². The lowest BCUT2D eigenvalue weighted by Crippen LogP contribution is -2.22. The van der Waals surface area contributed by atoms with Gasteiger partial charge in [-0.2, -0.15) is 0 Å². The van der Waals surface area contributed by atoms with E-state index in [1.54, 1.807) is 7.11 Å². The molecule has 0 rings (SSSR count). The molecule has 0 aromatic carbocycles. The number of unbranched alkanes of at least 4 members (excludes halogenated alkanes) is 3. The average Bonchev–Trinajstić information content (AvgIpc) is 2.28. The van der Waals surface area contributed by atoms with E-state index in [2.05, 4.69) is 24.2 Å². The smallest absolute Gasteiger partial charge is 0.0474 e. The van der Waals surface area contributed by atoms with Crippen molar-refractivity contribution in [1.29, 1.82) is 0 Å². The zero-order chi connectivity index (χ0) is 12.1. The summed E-state index contributed by atoms with van der Waals surface area (Å²) in [6.07, 6.45) is 6.52. The summed E-state index contributed by atoms with van der Waals surface area (Å²) < 4.78 is 5.04. The van der Waals surface area contributed by atoms with Gasteiger partial charge in [0.15, 0.2) is 0 Å². The Morgan fingerprint density at radius 1 is 1.00 bits per heavy atom. The van der Waals surface area contributed by atoms with E-state index in [1.807, 2.05) is 0 Å². The summed E-state index contributed by atoms with van der Waals surface area (Å²) in [5, 5.41) is 3.36. The second kappa shape index (κ2) is 12.9. The third-order valence-electron chi connectivity index (χ3n) is 2.78. The quantitative estimate of drug-likeness (QED) is 0.520. The van der Waals surface area contributed by atoms with Crippen molar-refractivity contribution in [3.8, 4) is 0 Å². The van der Waals surface area contributed by atoms with Gasteiger partial charge in [0.05, 0.1) is 0 Å². The largest absolute Gasteiger partial charge is 0.385 e. The Morgan fingerprint density at radius 3 is 2.38 bits per heavy atom. The van der Waals surface area contributed by atoms with Gasteiger partial charge < -0.3 is 15.0 Å². The van der Waals surface area contributed by atoms with Crippen molar-refractivity contribution in [2.75, 3.05) is 46.9 Å². The molecular formula is C13H30N2O. The molecule has 0 aliphatic carbocycles. The van der Waals surface area contributed by atoms with Crippen LogP contribution >= 0.6 is 0 Å². The van der Waals surface area contributed by atoms with Crippen LogP contribution in [0, 0.1) is 0 Å². The molecule has 3 heteroatoms. The predicted molar refractivity (Wildman–Crippen MR) is 71.0 cm³/mol. The van der Waals surface area contributed by atoms with Crippen molar-refractivity contribution in [3.05, 3.63) is 0 Å². The van der Waals surface area contributed by atoms with E-state index in [0.717, 1.165) is 26.1 Å². The molecule has 0 heterocycles. The van der Waals surface area contributed by atoms with Crippen LogP contribution < -0.4 is 5.32 Å². The first-order valence-electron chi connectivity index (χ1n) is 6.69. The summed E-state index contributed by atoms with van der Waals surface area (Å²) in [4.78, 5) is 2.41. The third-order valence-corrected chi connectivity index (χ3v) is 2.78. The van der Waals surface area contributed by atoms with Gasteiger partial charge in [-0.3, -0.25) is 0 Å². The molecule has 0 fully saturated rings. The highest BCUT2D eigenvalue weighted by Crippen LogP contribution is 2.00. The van der Waals surface area contributed by atoms with E-state index in [-0.39, 0.29) is 0 Å². The Hall–Kier alpha value is -0.120. The van der Waals surface area contributed by atoms with Crippen molar-refractivity contribution < 1.29 is 4.74 Å². The average molecular weight is 230 g/mol. The Bertz CT molecular complexity index is 131. The van der Waals surface area contributed by atoms with Gasteiger partial charge in [0.2, 0.25) is 0 Å². The Balaban J connectivity index is 3.06. The SMILES string of the molecule is CCNCCCCCCN(C)CCCOC. The van der Waals surface area contributed by atoms with Gasteiger partial charge in [0.1, 0.15) is 0 Å². The zero-order valence-corrected chi connectivity index (χ0v) is 11.4. The molecule has 0 bridgehead atoms. The Morgan fingerprint density at radius 2 is 1.69 bits per heavy atom. The molecule has 0 aliphatic rings. The molecule has 0 aliphatic heterocycles. The number of hydrogen-bond acceptors (Lipinski definition) is 3. The summed E-state index contributed by atoms with van der Waals surface area (Å²) in [5.41, 5.74) is 0. The molecule has 0 saturated heterocycles. The summed E-state index contributed by atoms with van der Waals surface area (Å²) in [6.45, 7) is 7.71. The topological polar surface area (TPSA) is 24.5 Å². The van der Waals surface area contributed by atoms with E-state index in [9.17, 15) is 0 Å². The van der Waals surface area contributed by atoms with E-state index < -0.39 is 0 Å². The minimum absolute atomic E-state index is 0.882. The second-order valence-electron chi connectivity index (χ2n) is 4.42. The molecule has 3 nitrogen and oxygen atoms in total. The lowest BCUT2D eigenvalue weighted by Gasteiger charge is -2.15. The van der Waals surface area contributed by atoms with Gasteiger partial charge in [-0.1, -0.05) is 19.8 Å². The fourth-order valence-corrected chi connectivity index (χ4v) is 1.75. The monoisotopic (exact) mass is 230 g/mol. The van der Waals surface area contributed by atoms with Crippen LogP contribution in [0.1, 0.15) is 39.0 Å². The molecule has 0 unspecified atom stereocenters. The van der Waals surface area contributed by atoms with Crippen LogP contribution in [0.4, 0.5) is 0 Å². The zero-order valence-electron chi connectivity index (χ0n) is 11.4. The Labute approximate surface area is 102 Å². The van der Waals surface area contributed by atoms with Crippen LogP contribution in [0.2, 0.25) is 0 Å². The minimum Gasteiger partial charge on any atom is -0.385 e. The van der Waals surface area contributed by atoms with E-state index in [4.69, 9.17) is 4.74 Å². The maximum atomic E-state index is 5.04. The normalized spacial score (nSPS) is 11.2. The molecular weight excluding hydrogens is 200 g/mol. The van der Waals surface area contributed by atoms with E-state index in [0.29, 0.717) is 0 Å². The third kappa shape index (κ3) is 12.0. The van der Waals surface area contributed by atoms with Crippen molar-refractivity contribution in [3.63, 3.8) is 0 Å². The van der Waals surface area contributed by atoms with Crippen LogP contribution in [0.3, 0.4) is 0 Å². The first-order chi connectivity index (χ1) is 7.81. The first-order valence-corrected chi connectivity index (χ1v) is 6.69. The van der Waals surface area contributed by atoms with Crippen LogP contribution in [-0.4, -0.2) is 51.8 Å². The first kappa shape index (κ1) is 15.9. The highest BCUT2D eigenvalue weighted by molar-refractivity contribution is 4.53. The molecule has 0 radical (unpaired) electrons. The highest BCUT2D eigenvalue weighted by Gasteiger charge is 1.97. The van der Waals surface area contributed by atoms with Crippen molar-refractivity contribution in [1.82, 2.24) is 10.2 Å². The van der Waals surface area contributed by atoms with Gasteiger partial charge in [-0.25, -0.2) is 0 Å². The predicted octanol–water partition coefficient (Wildman–Crippen LogP) is 2.12. The maximum absolute atomic E-state index is 5.04. The summed E-state index contributed by atoms with van der Waals surface area (Å²) in [7, 11) is 3.97. The van der Waals surface area contributed by atoms with Gasteiger partial charge in [0, 0.05) is 20.3 Å². The lowest BCUT2D eigenvalue weighted by atomic mass is 10.2. The number of ether oxygens (including phenoxy) is 1. The highest BCUT2D eigenvalue weighted by atomic mass is 16.5. The van der Waals surface area contributed by atoms with Crippen LogP contribution in [0.25, 0.3) is 0 Å². The standard InChI is InChI=1S/C13H30N2O/c1-4-14-10-7-5-6-8-11-15(2)12-9-13-16-3/h14H,4-13H2,1-3H3. The molecule has 0 saturated carbocycles. The number of hydrogen-bond donors (Lipinski definition) is 1. The summed E-state index contributed by atoms with van der Waals surface area (Å²) in [5.74, 6) is 0. The number of nitrogens with one attached hydrogen (secondary N) is 1. The fourth-order valence-electron chi connectivity index (χ4n) is 1.75. The molecule has 0 aromatic heterocycles. The summed E-state index contributed by atoms with van der Waals surface area (Å²) >= 11 is 0. The van der Waals surface area contributed by atoms with Crippen molar-refractivity contribution in [2.24, 2.45) is 0 Å². The number of nitrogens with zero attached hydrogens (tertiary/aromatic N) is 1. The van der Waals surface area contributed by atoms with Gasteiger partial charge in [-0.05, 0) is 45.9 Å². The minimum atomic E-state index is 0.882. The molecule has 0 amide bonds. The molecule has 16 heavy (non-hydrogen) atoms. The van der Waals surface area contributed by atoms with Crippen LogP contribution in [0.15, 0.2) is 0 Å². The number of methoxy groups -OCH3 is 1. The van der Waals surface area contributed by atoms with Crippen molar-refractivity contribution in [2.45, 2.75) is 39.0 Å². The van der Waals surface area contributed by atoms with E-state index in [1.165, 1.54) is 38.8 Å². The van der Waals surface area contributed by atoms with Gasteiger partial charge in [0.25, 0.3) is 0 Å². The second-order valence-corrected chi connectivity index (χ2v) is 4.42. The molecule has 0 aromatic rings. The molecule has 0 spiro atoms. The summed E-state index contributed by atoms with van der Waals surface area (Å²) in [6, 6.07) is 0. The maximum Gasteiger partial charge on any atom is 0.0474 e. The molecule has 98 valence electrons. The van der Waals surface area contributed by atoms with Gasteiger partial charge >= 0.3 is 0 Å². The van der Waals surface area contributed by atoms with E-state index >= 15 is 0 Å². The van der Waals surface area contributed by atoms with Crippen LogP contribution in [0.5, 0.6) is 0 Å². The lowest BCUT2D eigenvalue weighted by molar-refractivity contribution is 0.179. The number of rotatable bonds is 12. The van der Waals surface area contributed by atoms with Crippen molar-refractivity contribution >= 4 is 0 Å². The Kier molecular flexibility index (Phi) is 12.9. The van der Waals surface area contributed by atoms with Crippen LogP contribution in [-0.2, 0) is 4.74 Å². The molecule has 1 N–H and O–H groups in total. The fraction of sp³-hybridized carbons (Fsp3) is 1.00.